The van der Waals surface area contributed by atoms with Gasteiger partial charge in [0.2, 0.25) is 0 Å². The average Bonchev–Trinajstić information content (AvgIpc) is 3.03. The van der Waals surface area contributed by atoms with Gasteiger partial charge in [-0.05, 0) is 22.8 Å². The van der Waals surface area contributed by atoms with E-state index in [-0.39, 0.29) is 24.0 Å². The molecular weight excluding hydrogens is 417 g/mol. The van der Waals surface area contributed by atoms with E-state index in [4.69, 9.17) is 0 Å². The first kappa shape index (κ1) is 16.6. The van der Waals surface area contributed by atoms with E-state index in [1.165, 1.54) is 21.6 Å². The van der Waals surface area contributed by atoms with Crippen molar-refractivity contribution >= 4 is 41.7 Å². The fraction of sp³-hybridized carbons (Fsp3) is 0.278. The van der Waals surface area contributed by atoms with Crippen LogP contribution in [0, 0.1) is 0 Å². The predicted octanol–water partition coefficient (Wildman–Crippen LogP) is 3.59. The maximum atomic E-state index is 4.44. The summed E-state index contributed by atoms with van der Waals surface area (Å²) in [6.45, 7) is 2.69. The van der Waals surface area contributed by atoms with Gasteiger partial charge in [0.1, 0.15) is 0 Å². The van der Waals surface area contributed by atoms with Crippen LogP contribution in [-0.2, 0) is 5.75 Å². The fourth-order valence-corrected chi connectivity index (χ4v) is 4.29. The molecule has 0 saturated carbocycles. The lowest BCUT2D eigenvalue weighted by Crippen LogP contribution is -2.36. The molecule has 4 rings (SSSR count). The van der Waals surface area contributed by atoms with Crippen LogP contribution in [0.4, 0.5) is 0 Å². The second-order valence-electron chi connectivity index (χ2n) is 5.62. The zero-order chi connectivity index (χ0) is 14.8. The highest BCUT2D eigenvalue weighted by molar-refractivity contribution is 14.0. The number of fused-ring (bicyclic) bond motifs is 2. The van der Waals surface area contributed by atoms with Crippen LogP contribution >= 0.6 is 35.7 Å². The summed E-state index contributed by atoms with van der Waals surface area (Å²) in [5.41, 5.74) is 4.30. The number of thioether (sulfide) groups is 1. The first-order valence-corrected chi connectivity index (χ1v) is 8.72. The third kappa shape index (κ3) is 3.50. The van der Waals surface area contributed by atoms with Gasteiger partial charge < -0.3 is 10.6 Å². The molecule has 0 fully saturated rings. The Hall–Kier alpha value is -1.21. The Morgan fingerprint density at radius 1 is 1.09 bits per heavy atom. The van der Waals surface area contributed by atoms with Gasteiger partial charge in [-0.15, -0.1) is 35.7 Å². The van der Waals surface area contributed by atoms with E-state index in [0.29, 0.717) is 5.92 Å². The first-order valence-electron chi connectivity index (χ1n) is 7.73. The lowest BCUT2D eigenvalue weighted by Gasteiger charge is -2.21. The molecule has 0 spiro atoms. The first-order chi connectivity index (χ1) is 10.9. The second-order valence-corrected chi connectivity index (χ2v) is 6.63. The molecule has 0 aliphatic carbocycles. The second kappa shape index (κ2) is 7.57. The lowest BCUT2D eigenvalue weighted by molar-refractivity contribution is 0.732. The molecule has 2 aromatic rings. The van der Waals surface area contributed by atoms with Gasteiger partial charge in [-0.25, -0.2) is 0 Å². The minimum absolute atomic E-state index is 0. The van der Waals surface area contributed by atoms with E-state index in [2.05, 4.69) is 64.2 Å². The van der Waals surface area contributed by atoms with Crippen LogP contribution in [0.15, 0.2) is 58.4 Å². The Morgan fingerprint density at radius 3 is 2.70 bits per heavy atom. The number of nitrogens with zero attached hydrogens (tertiary/aromatic N) is 1. The molecule has 1 atom stereocenters. The number of nitrogens with one attached hydrogen (secondary N) is 2. The standard InChI is InChI=1S/C18H19N3S.HI/c1-2-6-14-13(5-1)12-22-17-8-4-3-7-15(17)16(14)11-21-18-19-9-10-20-18;/h1-8,16H,9-12H2,(H2,19,20,21);1H. The largest absolute Gasteiger partial charge is 0.355 e. The van der Waals surface area contributed by atoms with Crippen LogP contribution in [-0.4, -0.2) is 25.6 Å². The summed E-state index contributed by atoms with van der Waals surface area (Å²) >= 11 is 1.94. The van der Waals surface area contributed by atoms with E-state index < -0.39 is 0 Å². The molecule has 2 aliphatic heterocycles. The Kier molecular flexibility index (Phi) is 5.48. The van der Waals surface area contributed by atoms with Crippen molar-refractivity contribution in [2.45, 2.75) is 16.6 Å². The zero-order valence-electron chi connectivity index (χ0n) is 12.8. The number of rotatable bonds is 2. The number of aliphatic imine (C=N–C) groups is 1. The van der Waals surface area contributed by atoms with Crippen molar-refractivity contribution in [2.75, 3.05) is 19.6 Å². The molecule has 1 unspecified atom stereocenters. The number of hydrogen-bond acceptors (Lipinski definition) is 4. The SMILES string of the molecule is I.c1ccc2c(c1)CSc1ccccc1C2CNC1=NCCN1. The Labute approximate surface area is 158 Å². The van der Waals surface area contributed by atoms with Crippen molar-refractivity contribution in [1.29, 1.82) is 0 Å². The van der Waals surface area contributed by atoms with Crippen LogP contribution in [0.2, 0.25) is 0 Å². The summed E-state index contributed by atoms with van der Waals surface area (Å²) in [4.78, 5) is 5.84. The van der Waals surface area contributed by atoms with Crippen molar-refractivity contribution in [3.63, 3.8) is 0 Å². The molecule has 0 aromatic heterocycles. The molecule has 23 heavy (non-hydrogen) atoms. The Bertz CT molecular complexity index is 669. The van der Waals surface area contributed by atoms with Crippen LogP contribution in [0.25, 0.3) is 0 Å². The van der Waals surface area contributed by atoms with Crippen LogP contribution in [0.3, 0.4) is 0 Å². The monoisotopic (exact) mass is 437 g/mol. The molecule has 0 radical (unpaired) electrons. The summed E-state index contributed by atoms with van der Waals surface area (Å²) in [5.74, 6) is 2.35. The minimum atomic E-state index is 0. The number of guanidine groups is 1. The topological polar surface area (TPSA) is 36.4 Å². The molecule has 2 aliphatic rings. The van der Waals surface area contributed by atoms with Gasteiger partial charge in [0, 0.05) is 29.7 Å². The lowest BCUT2D eigenvalue weighted by atomic mass is 9.88. The smallest absolute Gasteiger partial charge is 0.191 e. The highest BCUT2D eigenvalue weighted by Crippen LogP contribution is 2.40. The normalized spacial score (nSPS) is 18.6. The molecule has 0 amide bonds. The molecular formula is C18H20IN3S. The van der Waals surface area contributed by atoms with Gasteiger partial charge in [0.05, 0.1) is 6.54 Å². The van der Waals surface area contributed by atoms with Crippen molar-refractivity contribution in [3.8, 4) is 0 Å². The summed E-state index contributed by atoms with van der Waals surface area (Å²) in [7, 11) is 0. The van der Waals surface area contributed by atoms with Crippen LogP contribution in [0.1, 0.15) is 22.6 Å². The molecule has 0 saturated heterocycles. The van der Waals surface area contributed by atoms with E-state index in [0.717, 1.165) is 31.3 Å². The van der Waals surface area contributed by atoms with Gasteiger partial charge in [0.25, 0.3) is 0 Å². The minimum Gasteiger partial charge on any atom is -0.355 e. The molecule has 2 N–H and O–H groups in total. The molecule has 2 aromatic carbocycles. The zero-order valence-corrected chi connectivity index (χ0v) is 15.9. The third-order valence-electron chi connectivity index (χ3n) is 4.26. The Morgan fingerprint density at radius 2 is 1.87 bits per heavy atom. The van der Waals surface area contributed by atoms with E-state index in [1.54, 1.807) is 0 Å². The molecule has 3 nitrogen and oxygen atoms in total. The highest BCUT2D eigenvalue weighted by atomic mass is 127. The molecule has 0 bridgehead atoms. The van der Waals surface area contributed by atoms with Crippen molar-refractivity contribution in [1.82, 2.24) is 10.6 Å². The summed E-state index contributed by atoms with van der Waals surface area (Å²) in [6, 6.07) is 17.6. The summed E-state index contributed by atoms with van der Waals surface area (Å²) in [5, 5.41) is 6.78. The van der Waals surface area contributed by atoms with Crippen molar-refractivity contribution in [3.05, 3.63) is 65.2 Å². The van der Waals surface area contributed by atoms with Gasteiger partial charge in [-0.2, -0.15) is 0 Å². The van der Waals surface area contributed by atoms with Gasteiger partial charge >= 0.3 is 0 Å². The summed E-state index contributed by atoms with van der Waals surface area (Å²) < 4.78 is 0. The number of halogens is 1. The Balaban J connectivity index is 0.00000156. The number of hydrogen-bond donors (Lipinski definition) is 2. The maximum absolute atomic E-state index is 4.44. The fourth-order valence-electron chi connectivity index (χ4n) is 3.16. The van der Waals surface area contributed by atoms with Gasteiger partial charge in [-0.3, -0.25) is 4.99 Å². The van der Waals surface area contributed by atoms with Crippen molar-refractivity contribution in [2.24, 2.45) is 4.99 Å². The van der Waals surface area contributed by atoms with E-state index >= 15 is 0 Å². The maximum Gasteiger partial charge on any atom is 0.191 e. The summed E-state index contributed by atoms with van der Waals surface area (Å²) in [6.07, 6.45) is 0. The number of benzene rings is 2. The quantitative estimate of drug-likeness (QED) is 0.706. The van der Waals surface area contributed by atoms with Crippen LogP contribution in [0.5, 0.6) is 0 Å². The molecule has 120 valence electrons. The van der Waals surface area contributed by atoms with Gasteiger partial charge in [0.15, 0.2) is 5.96 Å². The highest BCUT2D eigenvalue weighted by Gasteiger charge is 2.24. The van der Waals surface area contributed by atoms with E-state index in [1.807, 2.05) is 11.8 Å². The molecule has 2 heterocycles. The predicted molar refractivity (Wildman–Crippen MR) is 108 cm³/mol. The van der Waals surface area contributed by atoms with Gasteiger partial charge in [-0.1, -0.05) is 42.5 Å². The average molecular weight is 437 g/mol. The third-order valence-corrected chi connectivity index (χ3v) is 5.39. The van der Waals surface area contributed by atoms with E-state index in [9.17, 15) is 0 Å². The molecule has 5 heteroatoms. The van der Waals surface area contributed by atoms with Crippen molar-refractivity contribution < 1.29 is 0 Å². The van der Waals surface area contributed by atoms with Crippen LogP contribution < -0.4 is 10.6 Å².